The fraction of sp³-hybridized carbons (Fsp3) is 0.857. The smallest absolute Gasteiger partial charge is 0.315 e. The summed E-state index contributed by atoms with van der Waals surface area (Å²) in [5.74, 6) is 0.366. The summed E-state index contributed by atoms with van der Waals surface area (Å²) in [5, 5.41) is 5.90. The van der Waals surface area contributed by atoms with E-state index in [1.54, 1.807) is 0 Å². The van der Waals surface area contributed by atoms with Gasteiger partial charge in [-0.25, -0.2) is 4.79 Å². The third-order valence-electron chi connectivity index (χ3n) is 6.34. The summed E-state index contributed by atoms with van der Waals surface area (Å²) in [6.07, 6.45) is 9.14. The molecule has 2 heterocycles. The molecule has 2 aliphatic heterocycles. The van der Waals surface area contributed by atoms with Crippen LogP contribution < -0.4 is 10.6 Å². The van der Waals surface area contributed by atoms with Crippen LogP contribution in [-0.2, 0) is 9.59 Å². The molecule has 0 spiro atoms. The zero-order chi connectivity index (χ0) is 20.5. The summed E-state index contributed by atoms with van der Waals surface area (Å²) in [5.41, 5.74) is 0. The first kappa shape index (κ1) is 21.9. The van der Waals surface area contributed by atoms with Gasteiger partial charge in [0.1, 0.15) is 0 Å². The number of rotatable bonds is 7. The summed E-state index contributed by atoms with van der Waals surface area (Å²) in [6.45, 7) is 5.66. The number of nitrogens with zero attached hydrogens (tertiary/aromatic N) is 3. The number of hydrogen-bond donors (Lipinski definition) is 2. The van der Waals surface area contributed by atoms with Gasteiger partial charge in [0, 0.05) is 58.3 Å². The Morgan fingerprint density at radius 1 is 0.759 bits per heavy atom. The van der Waals surface area contributed by atoms with Gasteiger partial charge < -0.3 is 20.4 Å². The lowest BCUT2D eigenvalue weighted by molar-refractivity contribution is -0.134. The average Bonchev–Trinajstić information content (AvgIpc) is 3.27. The highest BCUT2D eigenvalue weighted by atomic mass is 16.2. The molecule has 3 aliphatic rings. The Balaban J connectivity index is 1.24. The van der Waals surface area contributed by atoms with Crippen LogP contribution >= 0.6 is 0 Å². The number of likely N-dealkylation sites (tertiary alicyclic amines) is 1. The second-order valence-corrected chi connectivity index (χ2v) is 8.58. The van der Waals surface area contributed by atoms with Crippen LogP contribution in [0.5, 0.6) is 0 Å². The Hall–Kier alpha value is -1.83. The minimum Gasteiger partial charge on any atom is -0.342 e. The van der Waals surface area contributed by atoms with Crippen molar-refractivity contribution >= 4 is 17.8 Å². The van der Waals surface area contributed by atoms with E-state index in [0.717, 1.165) is 51.9 Å². The molecule has 0 radical (unpaired) electrons. The van der Waals surface area contributed by atoms with E-state index < -0.39 is 0 Å². The molecule has 164 valence electrons. The van der Waals surface area contributed by atoms with Gasteiger partial charge in [-0.1, -0.05) is 19.3 Å². The molecule has 29 heavy (non-hydrogen) atoms. The first-order valence-corrected chi connectivity index (χ1v) is 11.4. The van der Waals surface area contributed by atoms with Crippen molar-refractivity contribution in [1.82, 2.24) is 25.3 Å². The standard InChI is InChI=1S/C21H37N5O3/c27-19(9-6-10-22-21(29)23-18-7-2-1-3-8-18)26-15-13-24(14-16-26)17-20(28)25-11-4-5-12-25/h18H,1-17H2,(H2,22,23,29). The van der Waals surface area contributed by atoms with Gasteiger partial charge >= 0.3 is 6.03 Å². The summed E-state index contributed by atoms with van der Waals surface area (Å²) < 4.78 is 0. The Labute approximate surface area is 174 Å². The number of nitrogens with one attached hydrogen (secondary N) is 2. The Morgan fingerprint density at radius 2 is 1.41 bits per heavy atom. The summed E-state index contributed by atoms with van der Waals surface area (Å²) in [7, 11) is 0. The van der Waals surface area contributed by atoms with Gasteiger partial charge in [0.15, 0.2) is 0 Å². The Kier molecular flexibility index (Phi) is 8.58. The normalized spacial score (nSPS) is 21.2. The molecular formula is C21H37N5O3. The Morgan fingerprint density at radius 3 is 2.10 bits per heavy atom. The molecule has 3 fully saturated rings. The molecule has 8 nitrogen and oxygen atoms in total. The van der Waals surface area contributed by atoms with E-state index >= 15 is 0 Å². The van der Waals surface area contributed by atoms with Crippen molar-refractivity contribution in [1.29, 1.82) is 0 Å². The molecule has 8 heteroatoms. The fourth-order valence-corrected chi connectivity index (χ4v) is 4.50. The number of carbonyl (C=O) groups is 3. The highest BCUT2D eigenvalue weighted by molar-refractivity contribution is 5.79. The lowest BCUT2D eigenvalue weighted by Gasteiger charge is -2.35. The van der Waals surface area contributed by atoms with Gasteiger partial charge in [-0.2, -0.15) is 0 Å². The van der Waals surface area contributed by atoms with Gasteiger partial charge in [-0.05, 0) is 32.1 Å². The van der Waals surface area contributed by atoms with E-state index in [-0.39, 0.29) is 17.8 Å². The minimum absolute atomic E-state index is 0.111. The highest BCUT2D eigenvalue weighted by Crippen LogP contribution is 2.17. The monoisotopic (exact) mass is 407 g/mol. The van der Waals surface area contributed by atoms with Crippen molar-refractivity contribution in [2.75, 3.05) is 52.4 Å². The number of carbonyl (C=O) groups excluding carboxylic acids is 3. The molecule has 0 atom stereocenters. The first-order valence-electron chi connectivity index (χ1n) is 11.4. The predicted octanol–water partition coefficient (Wildman–Crippen LogP) is 1.17. The zero-order valence-electron chi connectivity index (χ0n) is 17.7. The molecule has 0 unspecified atom stereocenters. The fourth-order valence-electron chi connectivity index (χ4n) is 4.50. The Bertz CT molecular complexity index is 551. The second-order valence-electron chi connectivity index (χ2n) is 8.58. The zero-order valence-corrected chi connectivity index (χ0v) is 17.7. The molecule has 0 aromatic heterocycles. The van der Waals surface area contributed by atoms with Crippen LogP contribution in [0, 0.1) is 0 Å². The second kappa shape index (κ2) is 11.4. The van der Waals surface area contributed by atoms with Crippen LogP contribution in [0.2, 0.25) is 0 Å². The van der Waals surface area contributed by atoms with Crippen LogP contribution in [0.1, 0.15) is 57.8 Å². The van der Waals surface area contributed by atoms with Crippen LogP contribution in [0.4, 0.5) is 4.79 Å². The van der Waals surface area contributed by atoms with E-state index in [4.69, 9.17) is 0 Å². The average molecular weight is 408 g/mol. The molecule has 4 amide bonds. The van der Waals surface area contributed by atoms with Crippen LogP contribution in [0.25, 0.3) is 0 Å². The quantitative estimate of drug-likeness (QED) is 0.621. The number of hydrogen-bond acceptors (Lipinski definition) is 4. The molecule has 2 N–H and O–H groups in total. The van der Waals surface area contributed by atoms with Crippen LogP contribution in [-0.4, -0.2) is 90.9 Å². The van der Waals surface area contributed by atoms with Gasteiger partial charge in [-0.3, -0.25) is 14.5 Å². The molecule has 0 aromatic rings. The summed E-state index contributed by atoms with van der Waals surface area (Å²) >= 11 is 0. The van der Waals surface area contributed by atoms with Gasteiger partial charge in [0.2, 0.25) is 11.8 Å². The molecule has 3 rings (SSSR count). The van der Waals surface area contributed by atoms with Crippen LogP contribution in [0.15, 0.2) is 0 Å². The lowest BCUT2D eigenvalue weighted by atomic mass is 9.96. The largest absolute Gasteiger partial charge is 0.342 e. The third kappa shape index (κ3) is 7.17. The first-order chi connectivity index (χ1) is 14.1. The maximum Gasteiger partial charge on any atom is 0.315 e. The SMILES string of the molecule is O=C(NCCCC(=O)N1CCN(CC(=O)N2CCCC2)CC1)NC1CCCCC1. The van der Waals surface area contributed by atoms with E-state index in [1.165, 1.54) is 19.3 Å². The highest BCUT2D eigenvalue weighted by Gasteiger charge is 2.25. The van der Waals surface area contributed by atoms with E-state index in [9.17, 15) is 14.4 Å². The van der Waals surface area contributed by atoms with Crippen molar-refractivity contribution in [3.63, 3.8) is 0 Å². The number of amides is 4. The molecular weight excluding hydrogens is 370 g/mol. The maximum atomic E-state index is 12.4. The predicted molar refractivity (Wildman–Crippen MR) is 111 cm³/mol. The minimum atomic E-state index is -0.111. The molecule has 0 aromatic carbocycles. The van der Waals surface area contributed by atoms with Crippen molar-refractivity contribution < 1.29 is 14.4 Å². The van der Waals surface area contributed by atoms with E-state index in [1.807, 2.05) is 9.80 Å². The van der Waals surface area contributed by atoms with Gasteiger partial charge in [0.25, 0.3) is 0 Å². The lowest BCUT2D eigenvalue weighted by Crippen LogP contribution is -2.51. The van der Waals surface area contributed by atoms with Crippen molar-refractivity contribution in [3.8, 4) is 0 Å². The maximum absolute atomic E-state index is 12.4. The molecule has 1 aliphatic carbocycles. The van der Waals surface area contributed by atoms with Gasteiger partial charge in [0.05, 0.1) is 6.54 Å². The van der Waals surface area contributed by atoms with Gasteiger partial charge in [-0.15, -0.1) is 0 Å². The van der Waals surface area contributed by atoms with Crippen LogP contribution in [0.3, 0.4) is 0 Å². The van der Waals surface area contributed by atoms with E-state index in [2.05, 4.69) is 15.5 Å². The number of urea groups is 1. The summed E-state index contributed by atoms with van der Waals surface area (Å²) in [6, 6.07) is 0.194. The topological polar surface area (TPSA) is 85.0 Å². The summed E-state index contributed by atoms with van der Waals surface area (Å²) in [4.78, 5) is 42.6. The molecule has 1 saturated carbocycles. The number of piperazine rings is 1. The molecule has 2 saturated heterocycles. The van der Waals surface area contributed by atoms with Crippen molar-refractivity contribution in [2.45, 2.75) is 63.8 Å². The molecule has 0 bridgehead atoms. The van der Waals surface area contributed by atoms with Crippen molar-refractivity contribution in [2.24, 2.45) is 0 Å². The third-order valence-corrected chi connectivity index (χ3v) is 6.34. The van der Waals surface area contributed by atoms with Crippen molar-refractivity contribution in [3.05, 3.63) is 0 Å². The van der Waals surface area contributed by atoms with E-state index in [0.29, 0.717) is 45.1 Å².